The van der Waals surface area contributed by atoms with Gasteiger partial charge in [-0.2, -0.15) is 0 Å². The molecule has 2 rings (SSSR count). The molecule has 0 bridgehead atoms. The maximum absolute atomic E-state index is 11.6. The number of halogens is 1. The van der Waals surface area contributed by atoms with E-state index in [9.17, 15) is 9.59 Å². The topological polar surface area (TPSA) is 127 Å². The van der Waals surface area contributed by atoms with Gasteiger partial charge in [0.2, 0.25) is 10.4 Å². The summed E-state index contributed by atoms with van der Waals surface area (Å²) in [5.74, 6) is 0. The Kier molecular flexibility index (Phi) is 14.8. The van der Waals surface area contributed by atoms with E-state index in [4.69, 9.17) is 17.5 Å². The van der Waals surface area contributed by atoms with Gasteiger partial charge in [0.05, 0.1) is 25.2 Å². The van der Waals surface area contributed by atoms with E-state index in [2.05, 4.69) is 12.2 Å². The molecule has 0 aromatic rings. The molecule has 0 aromatic heterocycles. The lowest BCUT2D eigenvalue weighted by molar-refractivity contribution is -0.762. The summed E-state index contributed by atoms with van der Waals surface area (Å²) in [6.45, 7) is 15.4. The van der Waals surface area contributed by atoms with E-state index >= 15 is 0 Å². The van der Waals surface area contributed by atoms with Gasteiger partial charge in [-0.25, -0.2) is 27.8 Å². The molecule has 12 heteroatoms. The molecule has 4 atom stereocenters. The van der Waals surface area contributed by atoms with Crippen LogP contribution < -0.4 is 22.2 Å². The Bertz CT molecular complexity index is 649. The second-order valence-electron chi connectivity index (χ2n) is 6.57. The summed E-state index contributed by atoms with van der Waals surface area (Å²) < 4.78 is 32.8. The molecule has 4 unspecified atom stereocenters. The first-order chi connectivity index (χ1) is 13.4. The van der Waals surface area contributed by atoms with Crippen molar-refractivity contribution in [2.24, 2.45) is 0 Å². The minimum absolute atomic E-state index is 0. The van der Waals surface area contributed by atoms with Crippen LogP contribution in [0.1, 0.15) is 41.5 Å². The van der Waals surface area contributed by atoms with Gasteiger partial charge in [0.1, 0.15) is 12.4 Å². The highest BCUT2D eigenvalue weighted by atomic mass is 35.5. The Morgan fingerprint density at radius 3 is 1.37 bits per heavy atom. The van der Waals surface area contributed by atoms with Crippen molar-refractivity contribution in [3.63, 3.8) is 0 Å². The van der Waals surface area contributed by atoms with Gasteiger partial charge in [-0.3, -0.25) is 14.4 Å². The van der Waals surface area contributed by atoms with Crippen molar-refractivity contribution in [2.75, 3.05) is 26.2 Å². The highest BCUT2D eigenvalue weighted by Crippen LogP contribution is 2.02. The van der Waals surface area contributed by atoms with Crippen molar-refractivity contribution in [3.8, 4) is 0 Å². The number of nitrogens with zero attached hydrogens (tertiary/aromatic N) is 2. The van der Waals surface area contributed by atoms with Gasteiger partial charge in [0.25, 0.3) is 0 Å². The lowest BCUT2D eigenvalue weighted by Gasteiger charge is -2.29. The Labute approximate surface area is 186 Å². The summed E-state index contributed by atoms with van der Waals surface area (Å²) >= 11 is 0. The molecule has 0 aliphatic carbocycles. The molecule has 30 heavy (non-hydrogen) atoms. The van der Waals surface area contributed by atoms with Gasteiger partial charge in [-0.15, -0.1) is 0 Å². The predicted octanol–water partition coefficient (Wildman–Crippen LogP) is -3.49. The first-order valence-corrected chi connectivity index (χ1v) is 11.2. The molecule has 0 radical (unpaired) electrons. The normalized spacial score (nSPS) is 25.6. The average Bonchev–Trinajstić information content (AvgIpc) is 2.62. The molecule has 0 saturated heterocycles. The zero-order valence-electron chi connectivity index (χ0n) is 18.5. The summed E-state index contributed by atoms with van der Waals surface area (Å²) in [6.07, 6.45) is 8.09. The minimum atomic E-state index is -4.92. The Hall–Kier alpha value is -1.50. The fourth-order valence-corrected chi connectivity index (χ4v) is 3.00. The van der Waals surface area contributed by atoms with Gasteiger partial charge in [-0.05, 0) is 53.7 Å². The first kappa shape index (κ1) is 30.7. The van der Waals surface area contributed by atoms with Crippen molar-refractivity contribution < 1.29 is 49.3 Å². The number of amides is 4. The Morgan fingerprint density at radius 1 is 0.900 bits per heavy atom. The van der Waals surface area contributed by atoms with Crippen LogP contribution in [0.3, 0.4) is 0 Å². The van der Waals surface area contributed by atoms with Crippen LogP contribution in [-0.4, -0.2) is 77.6 Å². The average molecular weight is 471 g/mol. The monoisotopic (exact) mass is 470 g/mol. The summed E-state index contributed by atoms with van der Waals surface area (Å²) in [4.78, 5) is 28.9. The second-order valence-corrected chi connectivity index (χ2v) is 7.42. The van der Waals surface area contributed by atoms with Crippen LogP contribution in [0, 0.1) is 0 Å². The van der Waals surface area contributed by atoms with Crippen molar-refractivity contribution in [1.29, 1.82) is 0 Å². The molecular formula is C18H35ClN4O6S. The molecule has 2 aliphatic heterocycles. The van der Waals surface area contributed by atoms with E-state index in [0.717, 1.165) is 36.0 Å². The fourth-order valence-electron chi connectivity index (χ4n) is 3.00. The minimum Gasteiger partial charge on any atom is -1.00 e. The molecule has 3 N–H and O–H groups in total. The van der Waals surface area contributed by atoms with E-state index in [1.54, 1.807) is 0 Å². The number of urea groups is 2. The zero-order chi connectivity index (χ0) is 22.8. The number of rotatable bonds is 4. The Balaban J connectivity index is 0. The van der Waals surface area contributed by atoms with Crippen LogP contribution in [0.5, 0.6) is 0 Å². The predicted molar refractivity (Wildman–Crippen MR) is 108 cm³/mol. The number of hydrogen-bond acceptors (Lipinski definition) is 5. The highest BCUT2D eigenvalue weighted by Gasteiger charge is 2.30. The number of nitrogens with one attached hydrogen (secondary N) is 2. The van der Waals surface area contributed by atoms with Crippen molar-refractivity contribution in [1.82, 2.24) is 9.80 Å². The van der Waals surface area contributed by atoms with Crippen molar-refractivity contribution >= 4 is 22.5 Å². The van der Waals surface area contributed by atoms with Gasteiger partial charge in [-0.1, -0.05) is 0 Å². The molecular weight excluding hydrogens is 436 g/mol. The maximum Gasteiger partial charge on any atom is 0.422 e. The molecule has 2 heterocycles. The molecule has 4 amide bonds. The summed E-state index contributed by atoms with van der Waals surface area (Å²) in [6, 6.07) is 0.931. The van der Waals surface area contributed by atoms with Crippen LogP contribution in [0.15, 0.2) is 24.6 Å². The van der Waals surface area contributed by atoms with Gasteiger partial charge < -0.3 is 17.0 Å². The maximum atomic E-state index is 11.6. The zero-order valence-corrected chi connectivity index (χ0v) is 20.0. The lowest BCUT2D eigenvalue weighted by Crippen LogP contribution is -3.12. The molecule has 10 nitrogen and oxygen atoms in total. The van der Waals surface area contributed by atoms with Crippen LogP contribution in [0.25, 0.3) is 0 Å². The summed E-state index contributed by atoms with van der Waals surface area (Å²) in [5.41, 5.74) is 0. The summed E-state index contributed by atoms with van der Waals surface area (Å²) in [7, 11) is -4.92. The van der Waals surface area contributed by atoms with Crippen LogP contribution in [0.2, 0.25) is 0 Å². The molecule has 0 spiro atoms. The molecule has 0 fully saturated rings. The molecule has 176 valence electrons. The molecule has 2 aliphatic rings. The van der Waals surface area contributed by atoms with E-state index < -0.39 is 10.4 Å². The van der Waals surface area contributed by atoms with Crippen LogP contribution >= 0.6 is 0 Å². The third-order valence-corrected chi connectivity index (χ3v) is 4.65. The van der Waals surface area contributed by atoms with E-state index in [0.29, 0.717) is 0 Å². The quantitative estimate of drug-likeness (QED) is 0.289. The van der Waals surface area contributed by atoms with E-state index in [1.165, 1.54) is 0 Å². The number of quaternary nitrogens is 2. The van der Waals surface area contributed by atoms with Gasteiger partial charge in [0.15, 0.2) is 0 Å². The fraction of sp³-hybridized carbons (Fsp3) is 0.667. The van der Waals surface area contributed by atoms with Crippen LogP contribution in [0.4, 0.5) is 9.59 Å². The standard InChI is InChI=1S/2C9H16N2O.ClH.H2O4S/c2*1-4-10-7-6-8(3)11(5-2)9(10)12;;1-5(2,3)4/h2*6-8H,4-5H2,1-3H3;1H;(H2,1,2,3,4). The smallest absolute Gasteiger partial charge is 0.422 e. The number of likely N-dealkylation sites (N-methyl/N-ethyl adjacent to an activating group) is 2. The highest BCUT2D eigenvalue weighted by molar-refractivity contribution is 7.79. The Morgan fingerprint density at radius 2 is 1.17 bits per heavy atom. The lowest BCUT2D eigenvalue weighted by atomic mass is 10.2. The molecule has 0 saturated carbocycles. The van der Waals surface area contributed by atoms with Crippen molar-refractivity contribution in [2.45, 2.75) is 53.6 Å². The second kappa shape index (κ2) is 14.5. The number of carbonyl (C=O) groups is 2. The third kappa shape index (κ3) is 10.5. The largest absolute Gasteiger partial charge is 1.00 e. The van der Waals surface area contributed by atoms with E-state index in [-0.39, 0.29) is 36.6 Å². The first-order valence-electron chi connectivity index (χ1n) is 9.79. The molecule has 0 aromatic carbocycles. The van der Waals surface area contributed by atoms with Gasteiger partial charge in [0, 0.05) is 13.1 Å². The number of hydrogen-bond donors (Lipinski definition) is 3. The van der Waals surface area contributed by atoms with Crippen LogP contribution in [-0.2, 0) is 10.4 Å². The van der Waals surface area contributed by atoms with Crippen molar-refractivity contribution in [3.05, 3.63) is 24.6 Å². The third-order valence-electron chi connectivity index (χ3n) is 4.65. The van der Waals surface area contributed by atoms with E-state index in [1.807, 2.05) is 63.7 Å². The SMILES string of the molecule is CCN1C(=O)[NH+](CC)C=CC1C.CCN1C(=O)[NH+](CC)C=CC1C.O=S(=O)([O-])O.[Cl-]. The number of carbonyl (C=O) groups excluding carboxylic acids is 2. The van der Waals surface area contributed by atoms with Gasteiger partial charge >= 0.3 is 12.1 Å². The summed E-state index contributed by atoms with van der Waals surface area (Å²) in [5, 5.41) is 0.